The molecule has 0 spiro atoms. The molecule has 178 valence electrons. The van der Waals surface area contributed by atoms with E-state index in [9.17, 15) is 0 Å². The van der Waals surface area contributed by atoms with Crippen molar-refractivity contribution >= 4 is 21.9 Å². The number of hydrogen-bond acceptors (Lipinski definition) is 6. The first-order valence-corrected chi connectivity index (χ1v) is 11.9. The van der Waals surface area contributed by atoms with Gasteiger partial charge in [-0.15, -0.1) is 0 Å². The van der Waals surface area contributed by atoms with E-state index in [0.29, 0.717) is 33.6 Å². The van der Waals surface area contributed by atoms with Crippen molar-refractivity contribution in [1.29, 1.82) is 0 Å². The summed E-state index contributed by atoms with van der Waals surface area (Å²) in [7, 11) is 0. The maximum absolute atomic E-state index is 15.2. The first kappa shape index (κ1) is 21.0. The van der Waals surface area contributed by atoms with Crippen LogP contribution in [0.3, 0.4) is 0 Å². The fraction of sp³-hybridized carbons (Fsp3) is 0.185. The van der Waals surface area contributed by atoms with E-state index in [1.807, 2.05) is 24.4 Å². The van der Waals surface area contributed by atoms with Crippen molar-refractivity contribution in [2.45, 2.75) is 19.4 Å². The zero-order valence-corrected chi connectivity index (χ0v) is 19.3. The van der Waals surface area contributed by atoms with Gasteiger partial charge in [0.1, 0.15) is 28.2 Å². The van der Waals surface area contributed by atoms with Gasteiger partial charge in [0.15, 0.2) is 5.82 Å². The van der Waals surface area contributed by atoms with E-state index in [-0.39, 0.29) is 5.82 Å². The predicted molar refractivity (Wildman–Crippen MR) is 134 cm³/mol. The molecule has 1 saturated heterocycles. The number of hydrogen-bond donors (Lipinski definition) is 2. The maximum Gasteiger partial charge on any atom is 0.159 e. The summed E-state index contributed by atoms with van der Waals surface area (Å²) in [6, 6.07) is 9.26. The number of halogens is 1. The SMILES string of the molecule is Fc1cc(-c2cncc(CN3CCCC3)c2)cc2c(-c3nc4c(-c5ccoc5)nccc4[nH]3)n[nH]c12. The molecule has 2 N–H and O–H groups in total. The number of H-pyrrole nitrogens is 2. The highest BCUT2D eigenvalue weighted by Crippen LogP contribution is 2.34. The number of benzene rings is 1. The molecule has 9 heteroatoms. The van der Waals surface area contributed by atoms with E-state index in [4.69, 9.17) is 9.40 Å². The van der Waals surface area contributed by atoms with Gasteiger partial charge in [-0.25, -0.2) is 9.37 Å². The summed E-state index contributed by atoms with van der Waals surface area (Å²) in [6.07, 6.45) is 11.1. The number of aromatic amines is 2. The van der Waals surface area contributed by atoms with Crippen LogP contribution >= 0.6 is 0 Å². The number of furan rings is 1. The largest absolute Gasteiger partial charge is 0.472 e. The molecule has 0 bridgehead atoms. The molecule has 0 aliphatic carbocycles. The Balaban J connectivity index is 1.31. The fourth-order valence-electron chi connectivity index (χ4n) is 5.02. The first-order valence-electron chi connectivity index (χ1n) is 11.9. The summed E-state index contributed by atoms with van der Waals surface area (Å²) < 4.78 is 20.4. The number of rotatable bonds is 5. The Morgan fingerprint density at radius 3 is 2.78 bits per heavy atom. The number of likely N-dealkylation sites (tertiary alicyclic amines) is 1. The van der Waals surface area contributed by atoms with E-state index in [2.05, 4.69) is 36.1 Å². The Hall–Kier alpha value is -4.37. The van der Waals surface area contributed by atoms with E-state index in [1.54, 1.807) is 24.9 Å². The van der Waals surface area contributed by atoms with Crippen LogP contribution < -0.4 is 0 Å². The molecule has 8 nitrogen and oxygen atoms in total. The Morgan fingerprint density at radius 2 is 1.92 bits per heavy atom. The van der Waals surface area contributed by atoms with E-state index in [0.717, 1.165) is 47.4 Å². The van der Waals surface area contributed by atoms with Crippen molar-refractivity contribution < 1.29 is 8.81 Å². The van der Waals surface area contributed by atoms with Gasteiger partial charge in [0.2, 0.25) is 0 Å². The normalized spacial score (nSPS) is 14.4. The molecule has 6 aromatic rings. The molecular formula is C27H22FN7O. The highest BCUT2D eigenvalue weighted by molar-refractivity contribution is 5.97. The molecule has 0 amide bonds. The van der Waals surface area contributed by atoms with Crippen LogP contribution in [0, 0.1) is 5.82 Å². The van der Waals surface area contributed by atoms with Crippen LogP contribution in [-0.4, -0.2) is 48.1 Å². The van der Waals surface area contributed by atoms with Gasteiger partial charge in [-0.3, -0.25) is 20.0 Å². The van der Waals surface area contributed by atoms with E-state index < -0.39 is 0 Å². The lowest BCUT2D eigenvalue weighted by Gasteiger charge is -2.14. The quantitative estimate of drug-likeness (QED) is 0.336. The smallest absolute Gasteiger partial charge is 0.159 e. The van der Waals surface area contributed by atoms with Crippen LogP contribution in [0.2, 0.25) is 0 Å². The Bertz CT molecular complexity index is 1700. The Labute approximate surface area is 205 Å². The summed E-state index contributed by atoms with van der Waals surface area (Å²) in [4.78, 5) is 19.4. The van der Waals surface area contributed by atoms with Crippen LogP contribution in [0.25, 0.3) is 55.8 Å². The number of imidazole rings is 1. The highest BCUT2D eigenvalue weighted by atomic mass is 19.1. The molecule has 0 atom stereocenters. The monoisotopic (exact) mass is 479 g/mol. The summed E-state index contributed by atoms with van der Waals surface area (Å²) in [5.41, 5.74) is 6.66. The third kappa shape index (κ3) is 3.56. The molecule has 1 aromatic carbocycles. The van der Waals surface area contributed by atoms with Crippen molar-refractivity contribution in [3.63, 3.8) is 0 Å². The summed E-state index contributed by atoms with van der Waals surface area (Å²) in [5, 5.41) is 7.90. The minimum atomic E-state index is -0.372. The molecule has 0 saturated carbocycles. The lowest BCUT2D eigenvalue weighted by Crippen LogP contribution is -2.18. The predicted octanol–water partition coefficient (Wildman–Crippen LogP) is 5.56. The van der Waals surface area contributed by atoms with Crippen molar-refractivity contribution in [2.24, 2.45) is 0 Å². The Morgan fingerprint density at radius 1 is 1.00 bits per heavy atom. The van der Waals surface area contributed by atoms with Crippen LogP contribution in [0.5, 0.6) is 0 Å². The third-order valence-corrected chi connectivity index (χ3v) is 6.78. The van der Waals surface area contributed by atoms with Gasteiger partial charge in [-0.05, 0) is 67.4 Å². The first-order chi connectivity index (χ1) is 17.7. The van der Waals surface area contributed by atoms with Gasteiger partial charge in [0, 0.05) is 41.6 Å². The molecule has 0 radical (unpaired) electrons. The molecular weight excluding hydrogens is 457 g/mol. The summed E-state index contributed by atoms with van der Waals surface area (Å²) in [6.45, 7) is 3.07. The minimum absolute atomic E-state index is 0.337. The van der Waals surface area contributed by atoms with Gasteiger partial charge < -0.3 is 9.40 Å². The number of fused-ring (bicyclic) bond motifs is 2. The summed E-state index contributed by atoms with van der Waals surface area (Å²) in [5.74, 6) is 0.162. The summed E-state index contributed by atoms with van der Waals surface area (Å²) >= 11 is 0. The second-order valence-electron chi connectivity index (χ2n) is 9.17. The average Bonchev–Trinajstić information content (AvgIpc) is 3.70. The van der Waals surface area contributed by atoms with Crippen molar-refractivity contribution in [2.75, 3.05) is 13.1 Å². The van der Waals surface area contributed by atoms with Gasteiger partial charge in [0.25, 0.3) is 0 Å². The standard InChI is InChI=1S/C27H22FN7O/c28-21-11-18(19-9-16(12-29-13-19)14-35-6-1-2-7-35)10-20-24(21)33-34-25(20)27-31-22-3-5-30-23(26(22)32-27)17-4-8-36-15-17/h3-5,8-13,15H,1-2,6-7,14H2,(H,31,32)(H,33,34). The van der Waals surface area contributed by atoms with Gasteiger partial charge in [-0.2, -0.15) is 5.10 Å². The lowest BCUT2D eigenvalue weighted by molar-refractivity contribution is 0.331. The second kappa shape index (κ2) is 8.39. The topological polar surface area (TPSA) is 99.5 Å². The second-order valence-corrected chi connectivity index (χ2v) is 9.17. The molecule has 1 aliphatic rings. The average molecular weight is 480 g/mol. The van der Waals surface area contributed by atoms with Crippen LogP contribution in [0.15, 0.2) is 65.9 Å². The number of pyridine rings is 2. The zero-order chi connectivity index (χ0) is 24.1. The lowest BCUT2D eigenvalue weighted by atomic mass is 10.0. The van der Waals surface area contributed by atoms with Crippen LogP contribution in [0.1, 0.15) is 18.4 Å². The third-order valence-electron chi connectivity index (χ3n) is 6.78. The highest BCUT2D eigenvalue weighted by Gasteiger charge is 2.19. The van der Waals surface area contributed by atoms with Gasteiger partial charge >= 0.3 is 0 Å². The minimum Gasteiger partial charge on any atom is -0.472 e. The Kier molecular flexibility index (Phi) is 4.88. The number of aromatic nitrogens is 6. The van der Waals surface area contributed by atoms with Gasteiger partial charge in [0.05, 0.1) is 18.0 Å². The van der Waals surface area contributed by atoms with E-state index in [1.165, 1.54) is 18.9 Å². The zero-order valence-electron chi connectivity index (χ0n) is 19.3. The molecule has 6 heterocycles. The fourth-order valence-corrected chi connectivity index (χ4v) is 5.02. The van der Waals surface area contributed by atoms with Crippen molar-refractivity contribution in [3.05, 3.63) is 72.8 Å². The number of nitrogens with one attached hydrogen (secondary N) is 2. The molecule has 1 fully saturated rings. The molecule has 7 rings (SSSR count). The van der Waals surface area contributed by atoms with Crippen molar-refractivity contribution in [3.8, 4) is 33.9 Å². The molecule has 1 aliphatic heterocycles. The molecule has 5 aromatic heterocycles. The molecule has 36 heavy (non-hydrogen) atoms. The van der Waals surface area contributed by atoms with Crippen LogP contribution in [0.4, 0.5) is 4.39 Å². The van der Waals surface area contributed by atoms with Crippen LogP contribution in [-0.2, 0) is 6.54 Å². The van der Waals surface area contributed by atoms with Gasteiger partial charge in [-0.1, -0.05) is 0 Å². The van der Waals surface area contributed by atoms with E-state index >= 15 is 4.39 Å². The molecule has 0 unspecified atom stereocenters. The number of nitrogens with zero attached hydrogens (tertiary/aromatic N) is 5. The van der Waals surface area contributed by atoms with Crippen molar-refractivity contribution in [1.82, 2.24) is 35.0 Å². The maximum atomic E-state index is 15.2.